The Kier molecular flexibility index (Phi) is 5.62. The second kappa shape index (κ2) is 6.49. The normalized spacial score (nSPS) is 34.8. The molecule has 1 aliphatic rings. The maximum Gasteiger partial charge on any atom is 0.0667 e. The van der Waals surface area contributed by atoms with E-state index in [4.69, 9.17) is 0 Å². The minimum atomic E-state index is -0.105. The molecule has 0 radical (unpaired) electrons. The third kappa shape index (κ3) is 3.76. The van der Waals surface area contributed by atoms with Gasteiger partial charge in [0.05, 0.1) is 6.10 Å². The van der Waals surface area contributed by atoms with Gasteiger partial charge in [0.2, 0.25) is 0 Å². The van der Waals surface area contributed by atoms with Crippen molar-refractivity contribution >= 4 is 0 Å². The number of likely N-dealkylation sites (tertiary alicyclic amines) is 1. The number of aliphatic hydroxyl groups is 1. The van der Waals surface area contributed by atoms with Gasteiger partial charge in [0.15, 0.2) is 0 Å². The highest BCUT2D eigenvalue weighted by molar-refractivity contribution is 4.81. The third-order valence-corrected chi connectivity index (χ3v) is 3.80. The first-order valence-corrected chi connectivity index (χ1v) is 6.57. The average molecular weight is 213 g/mol. The molecular weight excluding hydrogens is 186 g/mol. The van der Waals surface area contributed by atoms with E-state index in [1.165, 1.54) is 32.1 Å². The predicted molar refractivity (Wildman–Crippen MR) is 65.0 cm³/mol. The van der Waals surface area contributed by atoms with Crippen molar-refractivity contribution in [3.8, 4) is 0 Å². The number of aliphatic hydroxyl groups excluding tert-OH is 1. The van der Waals surface area contributed by atoms with E-state index in [2.05, 4.69) is 25.8 Å². The molecule has 0 aromatic heterocycles. The first-order valence-electron chi connectivity index (χ1n) is 6.57. The molecule has 1 saturated heterocycles. The van der Waals surface area contributed by atoms with Gasteiger partial charge in [-0.15, -0.1) is 0 Å². The molecule has 0 spiro atoms. The monoisotopic (exact) mass is 213 g/mol. The van der Waals surface area contributed by atoms with Crippen LogP contribution in [0.3, 0.4) is 0 Å². The van der Waals surface area contributed by atoms with Crippen LogP contribution in [-0.2, 0) is 0 Å². The van der Waals surface area contributed by atoms with Crippen LogP contribution in [0.5, 0.6) is 0 Å². The molecule has 2 nitrogen and oxygen atoms in total. The van der Waals surface area contributed by atoms with Crippen molar-refractivity contribution in [3.05, 3.63) is 0 Å². The van der Waals surface area contributed by atoms with E-state index in [0.29, 0.717) is 6.04 Å². The van der Waals surface area contributed by atoms with E-state index < -0.39 is 0 Å². The van der Waals surface area contributed by atoms with Crippen molar-refractivity contribution in [1.82, 2.24) is 4.90 Å². The largest absolute Gasteiger partial charge is 0.392 e. The Hall–Kier alpha value is -0.0800. The molecule has 0 aromatic rings. The van der Waals surface area contributed by atoms with E-state index >= 15 is 0 Å². The molecule has 0 bridgehead atoms. The standard InChI is InChI=1S/C13H27NO/c1-4-7-11-8-6-9-12(15)10-14(3)13(11)5-2/h11-13,15H,4-10H2,1-3H3. The number of β-amino-alcohol motifs (C(OH)–C–C–N with tert-alkyl or cyclic N) is 1. The maximum absolute atomic E-state index is 9.77. The Morgan fingerprint density at radius 3 is 2.60 bits per heavy atom. The summed E-state index contributed by atoms with van der Waals surface area (Å²) in [5, 5.41) is 9.77. The van der Waals surface area contributed by atoms with Gasteiger partial charge in [0.1, 0.15) is 0 Å². The number of hydrogen-bond donors (Lipinski definition) is 1. The van der Waals surface area contributed by atoms with Crippen LogP contribution >= 0.6 is 0 Å². The summed E-state index contributed by atoms with van der Waals surface area (Å²) >= 11 is 0. The summed E-state index contributed by atoms with van der Waals surface area (Å²) in [7, 11) is 2.17. The Labute approximate surface area is 94.7 Å². The van der Waals surface area contributed by atoms with Crippen molar-refractivity contribution in [1.29, 1.82) is 0 Å². The SMILES string of the molecule is CCCC1CCCC(O)CN(C)C1CC. The fourth-order valence-corrected chi connectivity index (χ4v) is 3.08. The second-order valence-electron chi connectivity index (χ2n) is 5.05. The molecule has 3 unspecified atom stereocenters. The van der Waals surface area contributed by atoms with Gasteiger partial charge in [-0.1, -0.05) is 26.7 Å². The molecule has 2 heteroatoms. The maximum atomic E-state index is 9.77. The number of nitrogens with zero attached hydrogens (tertiary/aromatic N) is 1. The summed E-state index contributed by atoms with van der Waals surface area (Å²) in [5.41, 5.74) is 0. The summed E-state index contributed by atoms with van der Waals surface area (Å²) in [6.45, 7) is 5.41. The van der Waals surface area contributed by atoms with Gasteiger partial charge in [-0.2, -0.15) is 0 Å². The first kappa shape index (κ1) is 13.0. The first-order chi connectivity index (χ1) is 7.19. The van der Waals surface area contributed by atoms with Gasteiger partial charge < -0.3 is 10.0 Å². The zero-order valence-electron chi connectivity index (χ0n) is 10.6. The van der Waals surface area contributed by atoms with Crippen LogP contribution in [0.15, 0.2) is 0 Å². The minimum absolute atomic E-state index is 0.105. The molecule has 1 N–H and O–H groups in total. The van der Waals surface area contributed by atoms with Crippen molar-refractivity contribution in [2.24, 2.45) is 5.92 Å². The van der Waals surface area contributed by atoms with Crippen molar-refractivity contribution in [2.75, 3.05) is 13.6 Å². The van der Waals surface area contributed by atoms with Crippen LogP contribution in [0.1, 0.15) is 52.4 Å². The summed E-state index contributed by atoms with van der Waals surface area (Å²) in [6.07, 6.45) is 7.24. The molecule has 1 heterocycles. The highest BCUT2D eigenvalue weighted by Crippen LogP contribution is 2.27. The highest BCUT2D eigenvalue weighted by atomic mass is 16.3. The van der Waals surface area contributed by atoms with E-state index in [-0.39, 0.29) is 6.10 Å². The van der Waals surface area contributed by atoms with Crippen LogP contribution in [0.2, 0.25) is 0 Å². The van der Waals surface area contributed by atoms with Crippen LogP contribution < -0.4 is 0 Å². The van der Waals surface area contributed by atoms with Crippen LogP contribution in [0.25, 0.3) is 0 Å². The zero-order valence-corrected chi connectivity index (χ0v) is 10.6. The molecule has 0 aromatic carbocycles. The van der Waals surface area contributed by atoms with E-state index in [9.17, 15) is 5.11 Å². The van der Waals surface area contributed by atoms with E-state index in [1.807, 2.05) is 0 Å². The average Bonchev–Trinajstić information content (AvgIpc) is 2.16. The van der Waals surface area contributed by atoms with Gasteiger partial charge in [-0.3, -0.25) is 0 Å². The zero-order chi connectivity index (χ0) is 11.3. The lowest BCUT2D eigenvalue weighted by Crippen LogP contribution is -2.43. The molecule has 0 amide bonds. The Bertz CT molecular complexity index is 172. The molecule has 15 heavy (non-hydrogen) atoms. The van der Waals surface area contributed by atoms with Crippen LogP contribution in [-0.4, -0.2) is 35.7 Å². The van der Waals surface area contributed by atoms with Gasteiger partial charge in [-0.05, 0) is 38.6 Å². The van der Waals surface area contributed by atoms with Gasteiger partial charge in [-0.25, -0.2) is 0 Å². The molecule has 0 saturated carbocycles. The third-order valence-electron chi connectivity index (χ3n) is 3.80. The highest BCUT2D eigenvalue weighted by Gasteiger charge is 2.26. The fourth-order valence-electron chi connectivity index (χ4n) is 3.08. The van der Waals surface area contributed by atoms with Crippen molar-refractivity contribution in [2.45, 2.75) is 64.5 Å². The molecule has 1 fully saturated rings. The van der Waals surface area contributed by atoms with Gasteiger partial charge in [0.25, 0.3) is 0 Å². The van der Waals surface area contributed by atoms with Crippen LogP contribution in [0, 0.1) is 5.92 Å². The minimum Gasteiger partial charge on any atom is -0.392 e. The lowest BCUT2D eigenvalue weighted by atomic mass is 9.85. The molecule has 3 atom stereocenters. The van der Waals surface area contributed by atoms with Gasteiger partial charge >= 0.3 is 0 Å². The van der Waals surface area contributed by atoms with Crippen molar-refractivity contribution in [3.63, 3.8) is 0 Å². The molecular formula is C13H27NO. The topological polar surface area (TPSA) is 23.5 Å². The smallest absolute Gasteiger partial charge is 0.0667 e. The Morgan fingerprint density at radius 1 is 1.27 bits per heavy atom. The predicted octanol–water partition coefficient (Wildman–Crippen LogP) is 2.66. The number of hydrogen-bond acceptors (Lipinski definition) is 2. The van der Waals surface area contributed by atoms with Crippen LogP contribution in [0.4, 0.5) is 0 Å². The summed E-state index contributed by atoms with van der Waals surface area (Å²) in [4.78, 5) is 2.38. The second-order valence-corrected chi connectivity index (χ2v) is 5.05. The Morgan fingerprint density at radius 2 is 2.00 bits per heavy atom. The number of rotatable bonds is 3. The quantitative estimate of drug-likeness (QED) is 0.779. The lowest BCUT2D eigenvalue weighted by Gasteiger charge is -2.37. The fraction of sp³-hybridized carbons (Fsp3) is 1.00. The molecule has 90 valence electrons. The number of likely N-dealkylation sites (N-methyl/N-ethyl adjacent to an activating group) is 1. The Balaban J connectivity index is 2.60. The van der Waals surface area contributed by atoms with E-state index in [0.717, 1.165) is 18.9 Å². The molecule has 1 aliphatic heterocycles. The molecule has 0 aliphatic carbocycles. The summed E-state index contributed by atoms with van der Waals surface area (Å²) in [6, 6.07) is 0.680. The van der Waals surface area contributed by atoms with E-state index in [1.54, 1.807) is 0 Å². The molecule has 1 rings (SSSR count). The van der Waals surface area contributed by atoms with Gasteiger partial charge in [0, 0.05) is 12.6 Å². The summed E-state index contributed by atoms with van der Waals surface area (Å²) in [5.74, 6) is 0.845. The summed E-state index contributed by atoms with van der Waals surface area (Å²) < 4.78 is 0. The lowest BCUT2D eigenvalue weighted by molar-refractivity contribution is 0.0528. The van der Waals surface area contributed by atoms with Crippen molar-refractivity contribution < 1.29 is 5.11 Å².